The van der Waals surface area contributed by atoms with E-state index in [1.165, 1.54) is 5.56 Å². The highest BCUT2D eigenvalue weighted by Gasteiger charge is 2.52. The van der Waals surface area contributed by atoms with E-state index < -0.39 is 0 Å². The van der Waals surface area contributed by atoms with Gasteiger partial charge in [-0.15, -0.1) is 0 Å². The van der Waals surface area contributed by atoms with Gasteiger partial charge in [-0.25, -0.2) is 0 Å². The standard InChI is InChI=1S/C23H30N2O4/c1-28-17-9-15(10-17)21(26)24-8-7-23(13-24)14-25(20-6-4-3-5-19(20)23)22(27)16-11-18(12-16)29-2/h3-6,15-18H,7-14H2,1-2H3. The van der Waals surface area contributed by atoms with Crippen LogP contribution in [0.15, 0.2) is 24.3 Å². The van der Waals surface area contributed by atoms with Crippen molar-refractivity contribution in [3.63, 3.8) is 0 Å². The molecule has 0 aromatic heterocycles. The number of carbonyl (C=O) groups is 2. The van der Waals surface area contributed by atoms with Crippen LogP contribution in [-0.4, -0.2) is 62.8 Å². The molecule has 1 aromatic rings. The molecule has 2 aliphatic heterocycles. The molecule has 0 bridgehead atoms. The normalized spacial score (nSPS) is 35.4. The largest absolute Gasteiger partial charge is 0.381 e. The maximum absolute atomic E-state index is 13.2. The molecule has 2 aliphatic carbocycles. The fourth-order valence-corrected chi connectivity index (χ4v) is 5.63. The van der Waals surface area contributed by atoms with Gasteiger partial charge in [-0.1, -0.05) is 18.2 Å². The van der Waals surface area contributed by atoms with Gasteiger partial charge >= 0.3 is 0 Å². The topological polar surface area (TPSA) is 59.1 Å². The summed E-state index contributed by atoms with van der Waals surface area (Å²) in [5.74, 6) is 0.641. The lowest BCUT2D eigenvalue weighted by Crippen LogP contribution is -2.47. The number of hydrogen-bond acceptors (Lipinski definition) is 4. The molecule has 3 fully saturated rings. The minimum absolute atomic E-state index is 0.0586. The molecule has 0 N–H and O–H groups in total. The number of benzene rings is 1. The zero-order chi connectivity index (χ0) is 20.2. The van der Waals surface area contributed by atoms with Crippen molar-refractivity contribution in [3.05, 3.63) is 29.8 Å². The van der Waals surface area contributed by atoms with Gasteiger partial charge in [0.05, 0.1) is 12.2 Å². The highest BCUT2D eigenvalue weighted by molar-refractivity contribution is 5.98. The molecule has 1 spiro atoms. The highest BCUT2D eigenvalue weighted by Crippen LogP contribution is 2.48. The van der Waals surface area contributed by atoms with Crippen LogP contribution in [0.5, 0.6) is 0 Å². The Morgan fingerprint density at radius 1 is 0.931 bits per heavy atom. The number of nitrogens with zero attached hydrogens (tertiary/aromatic N) is 2. The van der Waals surface area contributed by atoms with Crippen LogP contribution in [-0.2, 0) is 24.5 Å². The van der Waals surface area contributed by atoms with Gasteiger partial charge in [0.15, 0.2) is 0 Å². The fraction of sp³-hybridized carbons (Fsp3) is 0.652. The van der Waals surface area contributed by atoms with Crippen molar-refractivity contribution < 1.29 is 19.1 Å². The third-order valence-electron chi connectivity index (χ3n) is 7.71. The van der Waals surface area contributed by atoms with Crippen LogP contribution in [0.3, 0.4) is 0 Å². The van der Waals surface area contributed by atoms with E-state index in [0.29, 0.717) is 13.1 Å². The monoisotopic (exact) mass is 398 g/mol. The Labute approximate surface area is 172 Å². The number of methoxy groups -OCH3 is 2. The van der Waals surface area contributed by atoms with Gasteiger partial charge in [0.1, 0.15) is 0 Å². The molecule has 1 aromatic carbocycles. The van der Waals surface area contributed by atoms with Crippen molar-refractivity contribution in [1.29, 1.82) is 0 Å². The third kappa shape index (κ3) is 2.99. The first kappa shape index (κ1) is 19.1. The number of para-hydroxylation sites is 1. The summed E-state index contributed by atoms with van der Waals surface area (Å²) >= 11 is 0. The van der Waals surface area contributed by atoms with Crippen LogP contribution in [0.4, 0.5) is 5.69 Å². The third-order valence-corrected chi connectivity index (χ3v) is 7.71. The molecule has 1 unspecified atom stereocenters. The van der Waals surface area contributed by atoms with Gasteiger partial charge in [-0.3, -0.25) is 9.59 Å². The van der Waals surface area contributed by atoms with Gasteiger partial charge in [0, 0.05) is 56.8 Å². The summed E-state index contributed by atoms with van der Waals surface area (Å²) in [7, 11) is 3.43. The number of amides is 2. The molecule has 156 valence electrons. The molecule has 5 rings (SSSR count). The first-order valence-electron chi connectivity index (χ1n) is 10.8. The molecule has 2 amide bonds. The second-order valence-corrected chi connectivity index (χ2v) is 9.28. The summed E-state index contributed by atoms with van der Waals surface area (Å²) < 4.78 is 10.7. The minimum atomic E-state index is -0.128. The highest BCUT2D eigenvalue weighted by atomic mass is 16.5. The molecular formula is C23H30N2O4. The van der Waals surface area contributed by atoms with E-state index in [2.05, 4.69) is 18.2 Å². The van der Waals surface area contributed by atoms with Crippen LogP contribution < -0.4 is 4.90 Å². The number of fused-ring (bicyclic) bond motifs is 2. The Balaban J connectivity index is 1.32. The average Bonchev–Trinajstić information content (AvgIpc) is 3.23. The summed E-state index contributed by atoms with van der Waals surface area (Å²) in [4.78, 5) is 30.2. The van der Waals surface area contributed by atoms with Gasteiger partial charge < -0.3 is 19.3 Å². The zero-order valence-corrected chi connectivity index (χ0v) is 17.3. The summed E-state index contributed by atoms with van der Waals surface area (Å²) in [5, 5.41) is 0. The first-order valence-corrected chi connectivity index (χ1v) is 10.8. The van der Waals surface area contributed by atoms with E-state index >= 15 is 0 Å². The van der Waals surface area contributed by atoms with E-state index in [-0.39, 0.29) is 41.3 Å². The molecular weight excluding hydrogens is 368 g/mol. The Morgan fingerprint density at radius 2 is 1.55 bits per heavy atom. The van der Waals surface area contributed by atoms with E-state index in [0.717, 1.165) is 44.3 Å². The van der Waals surface area contributed by atoms with Crippen molar-refractivity contribution >= 4 is 17.5 Å². The molecule has 2 saturated carbocycles. The first-order chi connectivity index (χ1) is 14.0. The zero-order valence-electron chi connectivity index (χ0n) is 17.3. The minimum Gasteiger partial charge on any atom is -0.381 e. The molecule has 1 saturated heterocycles. The Bertz CT molecular complexity index is 815. The second-order valence-electron chi connectivity index (χ2n) is 9.28. The Morgan fingerprint density at radius 3 is 2.21 bits per heavy atom. The number of anilines is 1. The molecule has 1 atom stereocenters. The second kappa shape index (κ2) is 7.10. The van der Waals surface area contributed by atoms with Crippen molar-refractivity contribution in [2.45, 2.75) is 49.7 Å². The van der Waals surface area contributed by atoms with Crippen molar-refractivity contribution in [1.82, 2.24) is 4.90 Å². The van der Waals surface area contributed by atoms with Gasteiger partial charge in [0.25, 0.3) is 0 Å². The fourth-order valence-electron chi connectivity index (χ4n) is 5.63. The number of likely N-dealkylation sites (tertiary alicyclic amines) is 1. The smallest absolute Gasteiger partial charge is 0.230 e. The van der Waals surface area contributed by atoms with E-state index in [9.17, 15) is 9.59 Å². The van der Waals surface area contributed by atoms with Crippen molar-refractivity contribution in [2.24, 2.45) is 11.8 Å². The summed E-state index contributed by atoms with van der Waals surface area (Å²) in [6.07, 6.45) is 4.67. The maximum atomic E-state index is 13.2. The van der Waals surface area contributed by atoms with Crippen LogP contribution in [0, 0.1) is 11.8 Å². The number of hydrogen-bond donors (Lipinski definition) is 0. The molecule has 6 nitrogen and oxygen atoms in total. The molecule has 29 heavy (non-hydrogen) atoms. The predicted molar refractivity (Wildman–Crippen MR) is 109 cm³/mol. The lowest BCUT2D eigenvalue weighted by atomic mass is 9.80. The summed E-state index contributed by atoms with van der Waals surface area (Å²) in [6.45, 7) is 2.18. The lowest BCUT2D eigenvalue weighted by Gasteiger charge is -2.36. The van der Waals surface area contributed by atoms with Crippen molar-refractivity contribution in [2.75, 3.05) is 38.8 Å². The van der Waals surface area contributed by atoms with Crippen LogP contribution in [0.2, 0.25) is 0 Å². The molecule has 6 heteroatoms. The van der Waals surface area contributed by atoms with Crippen LogP contribution in [0.25, 0.3) is 0 Å². The lowest BCUT2D eigenvalue weighted by molar-refractivity contribution is -0.142. The maximum Gasteiger partial charge on any atom is 0.230 e. The quantitative estimate of drug-likeness (QED) is 0.781. The molecule has 0 radical (unpaired) electrons. The van der Waals surface area contributed by atoms with Crippen molar-refractivity contribution in [3.8, 4) is 0 Å². The number of ether oxygens (including phenoxy) is 2. The molecule has 2 heterocycles. The van der Waals surface area contributed by atoms with E-state index in [4.69, 9.17) is 9.47 Å². The summed E-state index contributed by atoms with van der Waals surface area (Å²) in [5.41, 5.74) is 2.14. The summed E-state index contributed by atoms with van der Waals surface area (Å²) in [6, 6.07) is 8.28. The van der Waals surface area contributed by atoms with Gasteiger partial charge in [-0.2, -0.15) is 0 Å². The van der Waals surface area contributed by atoms with E-state index in [1.807, 2.05) is 15.9 Å². The predicted octanol–water partition coefficient (Wildman–Crippen LogP) is 2.35. The SMILES string of the molecule is COC1CC(C(=O)N2CCC3(C2)CN(C(=O)C2CC(OC)C2)c2ccccc23)C1. The number of rotatable bonds is 4. The average molecular weight is 399 g/mol. The van der Waals surface area contributed by atoms with Crippen LogP contribution >= 0.6 is 0 Å². The van der Waals surface area contributed by atoms with E-state index in [1.54, 1.807) is 14.2 Å². The Kier molecular flexibility index (Phi) is 4.67. The number of carbonyl (C=O) groups excluding carboxylic acids is 2. The van der Waals surface area contributed by atoms with Gasteiger partial charge in [0.2, 0.25) is 11.8 Å². The van der Waals surface area contributed by atoms with Crippen LogP contribution in [0.1, 0.15) is 37.7 Å². The molecule has 4 aliphatic rings. The Hall–Kier alpha value is -1.92. The van der Waals surface area contributed by atoms with Gasteiger partial charge in [-0.05, 0) is 43.7 Å².